The molecule has 18 heavy (non-hydrogen) atoms. The summed E-state index contributed by atoms with van der Waals surface area (Å²) < 4.78 is 6.62. The largest absolute Gasteiger partial charge is 0.407 e. The topological polar surface area (TPSA) is 9.23 Å². The minimum Gasteiger partial charge on any atom is -0.407 e. The first kappa shape index (κ1) is 13.6. The summed E-state index contributed by atoms with van der Waals surface area (Å²) in [5.41, 5.74) is 1.04. The average molecular weight is 260 g/mol. The van der Waals surface area contributed by atoms with Crippen LogP contribution in [-0.4, -0.2) is 8.32 Å². The second-order valence-electron chi connectivity index (χ2n) is 6.38. The maximum absolute atomic E-state index is 6.62. The fraction of sp³-hybridized carbons (Fsp3) is 0.500. The summed E-state index contributed by atoms with van der Waals surface area (Å²) in [5.74, 6) is 0. The molecule has 1 saturated heterocycles. The van der Waals surface area contributed by atoms with Crippen LogP contribution in [0.25, 0.3) is 0 Å². The van der Waals surface area contributed by atoms with E-state index in [-0.39, 0.29) is 11.0 Å². The van der Waals surface area contributed by atoms with E-state index >= 15 is 0 Å². The maximum Gasteiger partial charge on any atom is 0.188 e. The molecule has 1 aromatic rings. The molecule has 1 fully saturated rings. The van der Waals surface area contributed by atoms with Crippen LogP contribution in [0.1, 0.15) is 25.8 Å². The second kappa shape index (κ2) is 4.36. The van der Waals surface area contributed by atoms with Gasteiger partial charge in [0.1, 0.15) is 0 Å². The zero-order chi connectivity index (χ0) is 13.4. The van der Waals surface area contributed by atoms with Gasteiger partial charge in [0.2, 0.25) is 0 Å². The van der Waals surface area contributed by atoms with Gasteiger partial charge >= 0.3 is 0 Å². The summed E-state index contributed by atoms with van der Waals surface area (Å²) >= 11 is 0. The molecule has 2 rings (SSSR count). The van der Waals surface area contributed by atoms with Crippen LogP contribution in [-0.2, 0) is 10.0 Å². The molecule has 0 aliphatic carbocycles. The van der Waals surface area contributed by atoms with Crippen LogP contribution in [0, 0.1) is 5.41 Å². The minimum absolute atomic E-state index is 0.0108. The standard InChI is InChI=1S/C16H24OSi/c1-6-15(2)12-13-18(4,5)17-16(15,3)14-10-8-7-9-11-14/h6-11H,1,12-13H2,2-5H3. The van der Waals surface area contributed by atoms with Gasteiger partial charge in [0.25, 0.3) is 0 Å². The lowest BCUT2D eigenvalue weighted by atomic mass is 9.69. The van der Waals surface area contributed by atoms with Crippen molar-refractivity contribution in [3.8, 4) is 0 Å². The monoisotopic (exact) mass is 260 g/mol. The lowest BCUT2D eigenvalue weighted by molar-refractivity contribution is -0.0431. The third kappa shape index (κ3) is 2.08. The highest BCUT2D eigenvalue weighted by atomic mass is 28.4. The Kier molecular flexibility index (Phi) is 3.28. The molecule has 0 radical (unpaired) electrons. The van der Waals surface area contributed by atoms with E-state index in [4.69, 9.17) is 4.43 Å². The first-order chi connectivity index (χ1) is 8.33. The molecular weight excluding hydrogens is 236 g/mol. The molecular formula is C16H24OSi. The fourth-order valence-corrected chi connectivity index (χ4v) is 5.64. The highest BCUT2D eigenvalue weighted by molar-refractivity contribution is 6.71. The van der Waals surface area contributed by atoms with Gasteiger partial charge < -0.3 is 4.43 Å². The third-order valence-electron chi connectivity index (χ3n) is 4.59. The molecule has 2 atom stereocenters. The Labute approximate surface area is 112 Å². The number of hydrogen-bond donors (Lipinski definition) is 0. The van der Waals surface area contributed by atoms with Crippen LogP contribution in [0.15, 0.2) is 43.0 Å². The Morgan fingerprint density at radius 3 is 2.39 bits per heavy atom. The van der Waals surface area contributed by atoms with Crippen molar-refractivity contribution >= 4 is 8.32 Å². The summed E-state index contributed by atoms with van der Waals surface area (Å²) in [6, 6.07) is 11.8. The number of rotatable bonds is 2. The molecule has 2 heteroatoms. The van der Waals surface area contributed by atoms with E-state index in [1.807, 2.05) is 0 Å². The van der Waals surface area contributed by atoms with E-state index in [1.54, 1.807) is 0 Å². The quantitative estimate of drug-likeness (QED) is 0.552. The zero-order valence-corrected chi connectivity index (χ0v) is 13.0. The highest BCUT2D eigenvalue weighted by Gasteiger charge is 2.52. The Bertz CT molecular complexity index is 440. The molecule has 0 N–H and O–H groups in total. The van der Waals surface area contributed by atoms with Crippen molar-refractivity contribution in [1.29, 1.82) is 0 Å². The van der Waals surface area contributed by atoms with E-state index in [0.29, 0.717) is 0 Å². The molecule has 0 aromatic heterocycles. The van der Waals surface area contributed by atoms with Crippen LogP contribution < -0.4 is 0 Å². The molecule has 1 heterocycles. The lowest BCUT2D eigenvalue weighted by Gasteiger charge is -2.53. The van der Waals surface area contributed by atoms with Gasteiger partial charge in [-0.1, -0.05) is 43.3 Å². The Morgan fingerprint density at radius 2 is 1.83 bits per heavy atom. The summed E-state index contributed by atoms with van der Waals surface area (Å²) in [7, 11) is -1.56. The van der Waals surface area contributed by atoms with Gasteiger partial charge in [-0.05, 0) is 38.0 Å². The molecule has 98 valence electrons. The molecule has 1 nitrogen and oxygen atoms in total. The molecule has 2 unspecified atom stereocenters. The van der Waals surface area contributed by atoms with Gasteiger partial charge in [0.15, 0.2) is 8.32 Å². The summed E-state index contributed by atoms with van der Waals surface area (Å²) in [6.07, 6.45) is 3.25. The molecule has 0 saturated carbocycles. The predicted octanol–water partition coefficient (Wildman–Crippen LogP) is 4.72. The molecule has 1 aromatic carbocycles. The fourth-order valence-electron chi connectivity index (χ4n) is 2.96. The van der Waals surface area contributed by atoms with E-state index < -0.39 is 8.32 Å². The van der Waals surface area contributed by atoms with Gasteiger partial charge in [-0.15, -0.1) is 6.58 Å². The van der Waals surface area contributed by atoms with Crippen molar-refractivity contribution in [1.82, 2.24) is 0 Å². The summed E-state index contributed by atoms with van der Waals surface area (Å²) in [6.45, 7) is 13.2. The third-order valence-corrected chi connectivity index (χ3v) is 7.01. The van der Waals surface area contributed by atoms with Crippen molar-refractivity contribution in [2.75, 3.05) is 0 Å². The van der Waals surface area contributed by atoms with Crippen LogP contribution in [0.2, 0.25) is 19.1 Å². The van der Waals surface area contributed by atoms with Gasteiger partial charge in [0, 0.05) is 5.41 Å². The summed E-state index contributed by atoms with van der Waals surface area (Å²) in [4.78, 5) is 0. The summed E-state index contributed by atoms with van der Waals surface area (Å²) in [5, 5.41) is 0. The van der Waals surface area contributed by atoms with E-state index in [1.165, 1.54) is 18.0 Å². The van der Waals surface area contributed by atoms with Crippen LogP contribution in [0.4, 0.5) is 0 Å². The van der Waals surface area contributed by atoms with Crippen molar-refractivity contribution in [3.05, 3.63) is 48.6 Å². The average Bonchev–Trinajstić information content (AvgIpc) is 2.35. The molecule has 0 spiro atoms. The lowest BCUT2D eigenvalue weighted by Crippen LogP contribution is -2.54. The first-order valence-corrected chi connectivity index (χ1v) is 9.84. The SMILES string of the molecule is C=CC1(C)CC[Si](C)(C)OC1(C)c1ccccc1. The van der Waals surface area contributed by atoms with Crippen LogP contribution in [0.5, 0.6) is 0 Å². The normalized spacial score (nSPS) is 35.1. The highest BCUT2D eigenvalue weighted by Crippen LogP contribution is 2.53. The minimum atomic E-state index is -1.56. The molecule has 1 aliphatic heterocycles. The van der Waals surface area contributed by atoms with Gasteiger partial charge in [-0.2, -0.15) is 0 Å². The van der Waals surface area contributed by atoms with E-state index in [2.05, 4.69) is 69.9 Å². The van der Waals surface area contributed by atoms with Crippen molar-refractivity contribution in [3.63, 3.8) is 0 Å². The van der Waals surface area contributed by atoms with Crippen molar-refractivity contribution < 1.29 is 4.43 Å². The van der Waals surface area contributed by atoms with Crippen LogP contribution in [0.3, 0.4) is 0 Å². The molecule has 1 aliphatic rings. The van der Waals surface area contributed by atoms with Crippen molar-refractivity contribution in [2.45, 2.75) is 45.0 Å². The Morgan fingerprint density at radius 1 is 1.22 bits per heavy atom. The number of hydrogen-bond acceptors (Lipinski definition) is 1. The Balaban J connectivity index is 2.51. The first-order valence-electron chi connectivity index (χ1n) is 6.72. The molecule has 0 amide bonds. The van der Waals surface area contributed by atoms with E-state index in [0.717, 1.165) is 0 Å². The van der Waals surface area contributed by atoms with Gasteiger partial charge in [0.05, 0.1) is 5.60 Å². The van der Waals surface area contributed by atoms with Crippen LogP contribution >= 0.6 is 0 Å². The second-order valence-corrected chi connectivity index (χ2v) is 10.6. The van der Waals surface area contributed by atoms with Gasteiger partial charge in [-0.3, -0.25) is 0 Å². The zero-order valence-electron chi connectivity index (χ0n) is 12.0. The predicted molar refractivity (Wildman–Crippen MR) is 80.1 cm³/mol. The van der Waals surface area contributed by atoms with Gasteiger partial charge in [-0.25, -0.2) is 0 Å². The number of benzene rings is 1. The molecule has 0 bridgehead atoms. The smallest absolute Gasteiger partial charge is 0.188 e. The Hall–Kier alpha value is -0.863. The van der Waals surface area contributed by atoms with E-state index in [9.17, 15) is 0 Å². The maximum atomic E-state index is 6.62. The van der Waals surface area contributed by atoms with Crippen molar-refractivity contribution in [2.24, 2.45) is 5.41 Å².